The molecule has 0 saturated heterocycles. The van der Waals surface area contributed by atoms with Crippen molar-refractivity contribution in [3.8, 4) is 17.2 Å². The van der Waals surface area contributed by atoms with Gasteiger partial charge in [0.05, 0.1) is 31.9 Å². The van der Waals surface area contributed by atoms with Crippen molar-refractivity contribution in [2.75, 3.05) is 27.4 Å². The Morgan fingerprint density at radius 1 is 0.889 bits per heavy atom. The minimum atomic E-state index is -0.136. The number of aromatic nitrogens is 2. The Morgan fingerprint density at radius 2 is 1.67 bits per heavy atom. The molecule has 0 spiro atoms. The third-order valence-corrected chi connectivity index (χ3v) is 6.03. The largest absolute Gasteiger partial charge is 0.494 e. The predicted molar refractivity (Wildman–Crippen MR) is 141 cm³/mol. The summed E-state index contributed by atoms with van der Waals surface area (Å²) in [4.78, 5) is 17.5. The molecule has 4 rings (SSSR count). The van der Waals surface area contributed by atoms with Crippen molar-refractivity contribution in [3.05, 3.63) is 84.2 Å². The van der Waals surface area contributed by atoms with Crippen molar-refractivity contribution in [1.82, 2.24) is 14.9 Å². The molecule has 1 N–H and O–H groups in total. The Kier molecular flexibility index (Phi) is 8.81. The molecule has 4 aromatic rings. The van der Waals surface area contributed by atoms with Crippen molar-refractivity contribution in [2.45, 2.75) is 32.2 Å². The third-order valence-electron chi connectivity index (χ3n) is 6.03. The molecule has 0 aliphatic heterocycles. The highest BCUT2D eigenvalue weighted by Crippen LogP contribution is 2.27. The van der Waals surface area contributed by atoms with Crippen LogP contribution >= 0.6 is 0 Å². The Balaban J connectivity index is 1.30. The van der Waals surface area contributed by atoms with Crippen LogP contribution in [0.25, 0.3) is 11.0 Å². The molecular formula is C29H33N3O4. The summed E-state index contributed by atoms with van der Waals surface area (Å²) in [5.74, 6) is 2.94. The highest BCUT2D eigenvalue weighted by Gasteiger charge is 2.12. The van der Waals surface area contributed by atoms with Crippen molar-refractivity contribution in [1.29, 1.82) is 0 Å². The Morgan fingerprint density at radius 3 is 2.47 bits per heavy atom. The van der Waals surface area contributed by atoms with Gasteiger partial charge in [-0.1, -0.05) is 30.3 Å². The van der Waals surface area contributed by atoms with E-state index in [0.717, 1.165) is 54.8 Å². The highest BCUT2D eigenvalue weighted by molar-refractivity contribution is 5.94. The van der Waals surface area contributed by atoms with E-state index in [0.29, 0.717) is 30.2 Å². The van der Waals surface area contributed by atoms with Crippen LogP contribution in [0.5, 0.6) is 17.2 Å². The summed E-state index contributed by atoms with van der Waals surface area (Å²) in [6.45, 7) is 2.13. The first kappa shape index (κ1) is 25.1. The second-order valence-corrected chi connectivity index (χ2v) is 8.47. The minimum Gasteiger partial charge on any atom is -0.494 e. The van der Waals surface area contributed by atoms with Gasteiger partial charge in [-0.25, -0.2) is 4.98 Å². The molecule has 0 atom stereocenters. The zero-order chi connectivity index (χ0) is 25.2. The van der Waals surface area contributed by atoms with Crippen LogP contribution < -0.4 is 19.5 Å². The van der Waals surface area contributed by atoms with Gasteiger partial charge in [0, 0.05) is 25.1 Å². The second-order valence-electron chi connectivity index (χ2n) is 8.47. The average molecular weight is 488 g/mol. The summed E-state index contributed by atoms with van der Waals surface area (Å²) >= 11 is 0. The predicted octanol–water partition coefficient (Wildman–Crippen LogP) is 5.28. The molecule has 0 saturated carbocycles. The van der Waals surface area contributed by atoms with E-state index in [-0.39, 0.29) is 5.91 Å². The molecule has 36 heavy (non-hydrogen) atoms. The number of nitrogens with zero attached hydrogens (tertiary/aromatic N) is 2. The van der Waals surface area contributed by atoms with Crippen molar-refractivity contribution < 1.29 is 19.0 Å². The van der Waals surface area contributed by atoms with Gasteiger partial charge in [0.1, 0.15) is 11.6 Å². The molecule has 0 fully saturated rings. The van der Waals surface area contributed by atoms with E-state index in [1.165, 1.54) is 0 Å². The fourth-order valence-corrected chi connectivity index (χ4v) is 4.17. The van der Waals surface area contributed by atoms with Crippen LogP contribution in [0.15, 0.2) is 72.8 Å². The molecule has 0 bridgehead atoms. The molecule has 3 aromatic carbocycles. The van der Waals surface area contributed by atoms with E-state index in [2.05, 4.69) is 16.0 Å². The molecule has 1 aromatic heterocycles. The molecule has 0 aliphatic carbocycles. The van der Waals surface area contributed by atoms with E-state index >= 15 is 0 Å². The quantitative estimate of drug-likeness (QED) is 0.260. The first-order chi connectivity index (χ1) is 17.7. The van der Waals surface area contributed by atoms with Crippen LogP contribution in [-0.2, 0) is 13.0 Å². The summed E-state index contributed by atoms with van der Waals surface area (Å²) in [7, 11) is 3.13. The van der Waals surface area contributed by atoms with Gasteiger partial charge in [0.2, 0.25) is 0 Å². The van der Waals surface area contributed by atoms with E-state index in [4.69, 9.17) is 19.2 Å². The number of carbonyl (C=O) groups is 1. The maximum Gasteiger partial charge on any atom is 0.251 e. The number of fused-ring (bicyclic) bond motifs is 1. The Bertz CT molecular complexity index is 1270. The van der Waals surface area contributed by atoms with Gasteiger partial charge < -0.3 is 24.1 Å². The normalized spacial score (nSPS) is 10.8. The lowest BCUT2D eigenvalue weighted by molar-refractivity contribution is 0.0952. The molecular weight excluding hydrogens is 454 g/mol. The summed E-state index contributed by atoms with van der Waals surface area (Å²) in [6.07, 6.45) is 3.53. The van der Waals surface area contributed by atoms with Crippen molar-refractivity contribution in [2.24, 2.45) is 0 Å². The number of para-hydroxylation sites is 3. The van der Waals surface area contributed by atoms with Gasteiger partial charge in [-0.05, 0) is 61.7 Å². The first-order valence-corrected chi connectivity index (χ1v) is 12.3. The number of rotatable bonds is 13. The van der Waals surface area contributed by atoms with Crippen LogP contribution in [0.1, 0.15) is 35.4 Å². The highest BCUT2D eigenvalue weighted by atomic mass is 16.5. The molecule has 0 aliphatic rings. The fourth-order valence-electron chi connectivity index (χ4n) is 4.17. The fraction of sp³-hybridized carbons (Fsp3) is 0.310. The topological polar surface area (TPSA) is 74.6 Å². The van der Waals surface area contributed by atoms with Gasteiger partial charge in [0.25, 0.3) is 5.91 Å². The van der Waals surface area contributed by atoms with E-state index in [1.807, 2.05) is 48.5 Å². The molecule has 7 nitrogen and oxygen atoms in total. The van der Waals surface area contributed by atoms with E-state index in [9.17, 15) is 4.79 Å². The number of unbranched alkanes of at least 4 members (excludes halogenated alkanes) is 1. The van der Waals surface area contributed by atoms with E-state index < -0.39 is 0 Å². The molecule has 188 valence electrons. The number of methoxy groups -OCH3 is 2. The standard InChI is InChI=1S/C29H33N3O4/c1-34-26-17-16-22(21-27(26)35-2)29(33)30-18-10-15-28-31-24-13-6-7-14-25(24)32(28)19-8-9-20-36-23-11-4-3-5-12-23/h3-7,11-14,16-17,21H,8-10,15,18-20H2,1-2H3,(H,30,33). The monoisotopic (exact) mass is 487 g/mol. The van der Waals surface area contributed by atoms with Gasteiger partial charge >= 0.3 is 0 Å². The summed E-state index contributed by atoms with van der Waals surface area (Å²) in [5, 5.41) is 3.00. The molecule has 0 unspecified atom stereocenters. The smallest absolute Gasteiger partial charge is 0.251 e. The van der Waals surface area contributed by atoms with E-state index in [1.54, 1.807) is 32.4 Å². The van der Waals surface area contributed by atoms with Crippen LogP contribution in [-0.4, -0.2) is 42.8 Å². The number of amides is 1. The van der Waals surface area contributed by atoms with Crippen molar-refractivity contribution >= 4 is 16.9 Å². The van der Waals surface area contributed by atoms with Crippen LogP contribution in [0.2, 0.25) is 0 Å². The number of hydrogen-bond acceptors (Lipinski definition) is 5. The first-order valence-electron chi connectivity index (χ1n) is 12.3. The summed E-state index contributed by atoms with van der Waals surface area (Å²) < 4.78 is 18.7. The van der Waals surface area contributed by atoms with Crippen LogP contribution in [0.4, 0.5) is 0 Å². The lowest BCUT2D eigenvalue weighted by Crippen LogP contribution is -2.25. The number of benzene rings is 3. The van der Waals surface area contributed by atoms with Gasteiger partial charge in [-0.3, -0.25) is 4.79 Å². The van der Waals surface area contributed by atoms with Gasteiger partial charge in [0.15, 0.2) is 11.5 Å². The maximum absolute atomic E-state index is 12.6. The lowest BCUT2D eigenvalue weighted by Gasteiger charge is -2.11. The molecule has 1 amide bonds. The Labute approximate surface area is 212 Å². The SMILES string of the molecule is COc1ccc(C(=O)NCCCc2nc3ccccc3n2CCCCOc2ccccc2)cc1OC. The molecule has 7 heteroatoms. The molecule has 0 radical (unpaired) electrons. The number of carbonyl (C=O) groups excluding carboxylic acids is 1. The summed E-state index contributed by atoms with van der Waals surface area (Å²) in [5.41, 5.74) is 2.69. The maximum atomic E-state index is 12.6. The number of ether oxygens (including phenoxy) is 3. The second kappa shape index (κ2) is 12.6. The van der Waals surface area contributed by atoms with Crippen molar-refractivity contribution in [3.63, 3.8) is 0 Å². The van der Waals surface area contributed by atoms with Gasteiger partial charge in [-0.2, -0.15) is 0 Å². The Hall–Kier alpha value is -4.00. The lowest BCUT2D eigenvalue weighted by atomic mass is 10.2. The summed E-state index contributed by atoms with van der Waals surface area (Å²) in [6, 6.07) is 23.3. The van der Waals surface area contributed by atoms with Crippen LogP contribution in [0.3, 0.4) is 0 Å². The number of hydrogen-bond donors (Lipinski definition) is 1. The average Bonchev–Trinajstić information content (AvgIpc) is 3.28. The third kappa shape index (κ3) is 6.36. The molecule has 1 heterocycles. The zero-order valence-electron chi connectivity index (χ0n) is 20.9. The van der Waals surface area contributed by atoms with Gasteiger partial charge in [-0.15, -0.1) is 0 Å². The minimum absolute atomic E-state index is 0.136. The van der Waals surface area contributed by atoms with Crippen LogP contribution in [0, 0.1) is 0 Å². The number of aryl methyl sites for hydroxylation is 2. The number of imidazole rings is 1. The zero-order valence-corrected chi connectivity index (χ0v) is 20.9. The number of nitrogens with one attached hydrogen (secondary N) is 1.